The molecule has 0 radical (unpaired) electrons. The summed E-state index contributed by atoms with van der Waals surface area (Å²) in [7, 11) is 0. The zero-order chi connectivity index (χ0) is 14.9. The summed E-state index contributed by atoms with van der Waals surface area (Å²) in [5.41, 5.74) is 0.0972. The minimum atomic E-state index is -0.791. The highest BCUT2D eigenvalue weighted by Crippen LogP contribution is 2.28. The number of benzene rings is 1. The zero-order valence-electron chi connectivity index (χ0n) is 11.6. The number of hydrogen-bond donors (Lipinski definition) is 1. The molecule has 20 heavy (non-hydrogen) atoms. The second-order valence-corrected chi connectivity index (χ2v) is 5.45. The first-order chi connectivity index (χ1) is 9.34. The Labute approximate surface area is 117 Å². The molecule has 0 unspecified atom stereocenters. The van der Waals surface area contributed by atoms with Crippen LogP contribution in [-0.4, -0.2) is 39.5 Å². The van der Waals surface area contributed by atoms with E-state index in [1.807, 2.05) is 6.92 Å². The molecule has 0 spiro atoms. The molecule has 0 aliphatic carbocycles. The number of likely N-dealkylation sites (tertiary alicyclic amines) is 1. The van der Waals surface area contributed by atoms with Crippen LogP contribution in [0, 0.1) is 17.0 Å². The Morgan fingerprint density at radius 3 is 2.65 bits per heavy atom. The van der Waals surface area contributed by atoms with Crippen molar-refractivity contribution in [1.29, 1.82) is 0 Å². The number of nitrogens with zero attached hydrogens (tertiary/aromatic N) is 2. The van der Waals surface area contributed by atoms with Crippen molar-refractivity contribution in [3.8, 4) is 0 Å². The molecule has 1 aromatic rings. The first-order valence-electron chi connectivity index (χ1n) is 6.62. The van der Waals surface area contributed by atoms with E-state index in [-0.39, 0.29) is 11.6 Å². The Morgan fingerprint density at radius 1 is 1.45 bits per heavy atom. The van der Waals surface area contributed by atoms with Crippen LogP contribution in [0.25, 0.3) is 0 Å². The molecular weight excluding hydrogens is 260 g/mol. The molecule has 2 rings (SSSR count). The van der Waals surface area contributed by atoms with Gasteiger partial charge in [-0.15, -0.1) is 0 Å². The van der Waals surface area contributed by atoms with Crippen LogP contribution in [0.15, 0.2) is 18.2 Å². The number of non-ortho nitro benzene ring substituents is 1. The van der Waals surface area contributed by atoms with Crippen molar-refractivity contribution in [2.75, 3.05) is 13.1 Å². The van der Waals surface area contributed by atoms with E-state index >= 15 is 0 Å². The van der Waals surface area contributed by atoms with Crippen LogP contribution >= 0.6 is 0 Å². The van der Waals surface area contributed by atoms with Crippen molar-refractivity contribution >= 4 is 11.6 Å². The summed E-state index contributed by atoms with van der Waals surface area (Å²) >= 11 is 0. The van der Waals surface area contributed by atoms with Crippen molar-refractivity contribution < 1.29 is 14.8 Å². The third-order valence-corrected chi connectivity index (χ3v) is 3.49. The first-order valence-corrected chi connectivity index (χ1v) is 6.62. The Balaban J connectivity index is 2.13. The van der Waals surface area contributed by atoms with Gasteiger partial charge in [-0.3, -0.25) is 14.9 Å². The maximum atomic E-state index is 12.2. The molecule has 1 amide bonds. The van der Waals surface area contributed by atoms with Gasteiger partial charge in [-0.1, -0.05) is 13.3 Å². The van der Waals surface area contributed by atoms with E-state index in [2.05, 4.69) is 0 Å². The third kappa shape index (κ3) is 2.80. The van der Waals surface area contributed by atoms with Gasteiger partial charge in [0.2, 0.25) is 0 Å². The average molecular weight is 278 g/mol. The number of hydrogen-bond acceptors (Lipinski definition) is 4. The minimum absolute atomic E-state index is 0.0855. The average Bonchev–Trinajstić information content (AvgIpc) is 2.34. The molecule has 1 aromatic carbocycles. The number of nitro groups is 1. The Bertz CT molecular complexity index is 550. The lowest BCUT2D eigenvalue weighted by molar-refractivity contribution is -0.384. The minimum Gasteiger partial charge on any atom is -0.386 e. The molecule has 0 saturated carbocycles. The number of aryl methyl sites for hydroxylation is 1. The smallest absolute Gasteiger partial charge is 0.270 e. The van der Waals surface area contributed by atoms with Gasteiger partial charge in [0.1, 0.15) is 0 Å². The van der Waals surface area contributed by atoms with E-state index in [0.717, 1.165) is 6.42 Å². The summed E-state index contributed by atoms with van der Waals surface area (Å²) in [4.78, 5) is 24.1. The fourth-order valence-corrected chi connectivity index (χ4v) is 2.61. The van der Waals surface area contributed by atoms with Crippen LogP contribution in [0.4, 0.5) is 5.69 Å². The lowest BCUT2D eigenvalue weighted by atomic mass is 9.88. The highest BCUT2D eigenvalue weighted by molar-refractivity contribution is 5.95. The van der Waals surface area contributed by atoms with Crippen molar-refractivity contribution in [2.45, 2.75) is 32.3 Å². The molecule has 6 nitrogen and oxygen atoms in total. The maximum absolute atomic E-state index is 12.2. The van der Waals surface area contributed by atoms with Crippen molar-refractivity contribution in [1.82, 2.24) is 4.90 Å². The highest BCUT2D eigenvalue weighted by Gasteiger charge is 2.43. The van der Waals surface area contributed by atoms with Gasteiger partial charge < -0.3 is 10.0 Å². The van der Waals surface area contributed by atoms with E-state index < -0.39 is 10.5 Å². The largest absolute Gasteiger partial charge is 0.386 e. The number of rotatable bonds is 4. The van der Waals surface area contributed by atoms with Gasteiger partial charge in [0.15, 0.2) is 0 Å². The number of carbonyl (C=O) groups excluding carboxylic acids is 1. The predicted molar refractivity (Wildman–Crippen MR) is 73.6 cm³/mol. The Hall–Kier alpha value is -1.95. The van der Waals surface area contributed by atoms with Gasteiger partial charge in [0.25, 0.3) is 11.6 Å². The molecule has 1 heterocycles. The van der Waals surface area contributed by atoms with E-state index in [9.17, 15) is 20.0 Å². The number of nitro benzene ring substituents is 1. The summed E-state index contributed by atoms with van der Waals surface area (Å²) < 4.78 is 0. The fourth-order valence-electron chi connectivity index (χ4n) is 2.61. The molecule has 1 fully saturated rings. The predicted octanol–water partition coefficient (Wildman–Crippen LogP) is 1.89. The quantitative estimate of drug-likeness (QED) is 0.673. The molecule has 0 bridgehead atoms. The van der Waals surface area contributed by atoms with Gasteiger partial charge >= 0.3 is 0 Å². The highest BCUT2D eigenvalue weighted by atomic mass is 16.6. The topological polar surface area (TPSA) is 83.7 Å². The molecule has 0 aromatic heterocycles. The Morgan fingerprint density at radius 2 is 2.10 bits per heavy atom. The molecule has 1 aliphatic heterocycles. The third-order valence-electron chi connectivity index (χ3n) is 3.49. The first kappa shape index (κ1) is 14.5. The van der Waals surface area contributed by atoms with Crippen molar-refractivity contribution in [3.05, 3.63) is 39.4 Å². The summed E-state index contributed by atoms with van der Waals surface area (Å²) in [6.07, 6.45) is 1.51. The van der Waals surface area contributed by atoms with Crippen LogP contribution in [0.5, 0.6) is 0 Å². The van der Waals surface area contributed by atoms with Crippen LogP contribution in [0.1, 0.15) is 35.7 Å². The van der Waals surface area contributed by atoms with Gasteiger partial charge in [-0.2, -0.15) is 0 Å². The van der Waals surface area contributed by atoms with Crippen LogP contribution < -0.4 is 0 Å². The number of aliphatic hydroxyl groups is 1. The molecule has 1 aliphatic rings. The monoisotopic (exact) mass is 278 g/mol. The molecule has 6 heteroatoms. The summed E-state index contributed by atoms with van der Waals surface area (Å²) in [5.74, 6) is -0.266. The standard InChI is InChI=1S/C14H18N2O4/c1-3-4-14(18)8-15(9-14)13(17)11-5-10(2)6-12(7-11)16(19)20/h5-7,18H,3-4,8-9H2,1-2H3. The SMILES string of the molecule is CCCC1(O)CN(C(=O)c2cc(C)cc([N+](=O)[O-])c2)C1. The van der Waals surface area contributed by atoms with Crippen LogP contribution in [0.3, 0.4) is 0 Å². The number of amides is 1. The molecular formula is C14H18N2O4. The van der Waals surface area contributed by atoms with Crippen LogP contribution in [-0.2, 0) is 0 Å². The summed E-state index contributed by atoms with van der Waals surface area (Å²) in [6, 6.07) is 4.35. The van der Waals surface area contributed by atoms with Crippen molar-refractivity contribution in [2.24, 2.45) is 0 Å². The summed E-state index contributed by atoms with van der Waals surface area (Å²) in [6.45, 7) is 4.28. The molecule has 0 atom stereocenters. The Kier molecular flexibility index (Phi) is 3.76. The van der Waals surface area contributed by atoms with Crippen molar-refractivity contribution in [3.63, 3.8) is 0 Å². The van der Waals surface area contributed by atoms with E-state index in [0.29, 0.717) is 30.6 Å². The van der Waals surface area contributed by atoms with Gasteiger partial charge in [-0.25, -0.2) is 0 Å². The zero-order valence-corrected chi connectivity index (χ0v) is 11.6. The maximum Gasteiger partial charge on any atom is 0.270 e. The normalized spacial score (nSPS) is 16.6. The van der Waals surface area contributed by atoms with Gasteiger partial charge in [-0.05, 0) is 25.0 Å². The van der Waals surface area contributed by atoms with E-state index in [4.69, 9.17) is 0 Å². The van der Waals surface area contributed by atoms with E-state index in [1.165, 1.54) is 17.0 Å². The molecule has 1 saturated heterocycles. The lowest BCUT2D eigenvalue weighted by Crippen LogP contribution is -2.63. The second-order valence-electron chi connectivity index (χ2n) is 5.45. The van der Waals surface area contributed by atoms with E-state index in [1.54, 1.807) is 13.0 Å². The van der Waals surface area contributed by atoms with Gasteiger partial charge in [0.05, 0.1) is 23.6 Å². The number of carbonyl (C=O) groups is 1. The van der Waals surface area contributed by atoms with Crippen LogP contribution in [0.2, 0.25) is 0 Å². The fraction of sp³-hybridized carbons (Fsp3) is 0.500. The van der Waals surface area contributed by atoms with Gasteiger partial charge in [0, 0.05) is 17.7 Å². The number of β-amino-alcohol motifs (C(OH)–C–C–N with tert-alkyl or cyclic N) is 1. The lowest BCUT2D eigenvalue weighted by Gasteiger charge is -2.46. The second kappa shape index (κ2) is 5.20. The molecule has 108 valence electrons. The summed E-state index contributed by atoms with van der Waals surface area (Å²) in [5, 5.41) is 20.9. The molecule has 1 N–H and O–H groups in total.